The number of nitrogens with one attached hydrogen (secondary N) is 1. The number of nitrogens with zero attached hydrogens (tertiary/aromatic N) is 2. The van der Waals surface area contributed by atoms with Crippen molar-refractivity contribution in [1.82, 2.24) is 10.2 Å². The lowest BCUT2D eigenvalue weighted by Gasteiger charge is -1.90. The molecule has 0 atom stereocenters. The van der Waals surface area contributed by atoms with E-state index < -0.39 is 5.91 Å². The second-order valence-electron chi connectivity index (χ2n) is 3.91. The first-order valence-electron chi connectivity index (χ1n) is 5.53. The van der Waals surface area contributed by atoms with Gasteiger partial charge in [0, 0.05) is 6.92 Å². The highest BCUT2D eigenvalue weighted by Gasteiger charge is 2.07. The summed E-state index contributed by atoms with van der Waals surface area (Å²) >= 11 is 1.13. The van der Waals surface area contributed by atoms with Crippen LogP contribution < -0.4 is 11.1 Å². The molecule has 19 heavy (non-hydrogen) atoms. The van der Waals surface area contributed by atoms with Crippen molar-refractivity contribution in [2.45, 2.75) is 13.3 Å². The number of nitrogens with two attached hydrogens (primary N) is 1. The molecule has 2 aliphatic rings. The molecule has 3 rings (SSSR count). The van der Waals surface area contributed by atoms with Gasteiger partial charge in [-0.3, -0.25) is 9.59 Å². The normalized spacial score (nSPS) is 10.2. The summed E-state index contributed by atoms with van der Waals surface area (Å²) in [6, 6.07) is 8.48. The lowest BCUT2D eigenvalue weighted by Crippen LogP contribution is -2.13. The summed E-state index contributed by atoms with van der Waals surface area (Å²) in [5.41, 5.74) is 7.80. The first-order chi connectivity index (χ1) is 9.04. The quantitative estimate of drug-likeness (QED) is 0.750. The zero-order chi connectivity index (χ0) is 13.8. The predicted octanol–water partition coefficient (Wildman–Crippen LogP) is 1.19. The van der Waals surface area contributed by atoms with Crippen molar-refractivity contribution in [3.8, 4) is 11.1 Å². The van der Waals surface area contributed by atoms with Gasteiger partial charge < -0.3 is 11.1 Å². The number of benzene rings is 1. The molecule has 7 heteroatoms. The largest absolute Gasteiger partial charge is 0.369 e. The highest BCUT2D eigenvalue weighted by Crippen LogP contribution is 2.32. The highest BCUT2D eigenvalue weighted by molar-refractivity contribution is 7.15. The Hall–Kier alpha value is -2.28. The molecule has 0 saturated carbocycles. The minimum Gasteiger partial charge on any atom is -0.369 e. The first-order valence-corrected chi connectivity index (χ1v) is 6.35. The van der Waals surface area contributed by atoms with Crippen LogP contribution in [0.15, 0.2) is 24.3 Å². The Morgan fingerprint density at radius 2 is 2.00 bits per heavy atom. The topological polar surface area (TPSA) is 98.0 Å². The molecule has 0 aromatic carbocycles. The van der Waals surface area contributed by atoms with Gasteiger partial charge in [0.2, 0.25) is 16.9 Å². The summed E-state index contributed by atoms with van der Waals surface area (Å²) in [6.45, 7) is 1.37. The number of amides is 2. The van der Waals surface area contributed by atoms with E-state index in [0.29, 0.717) is 10.1 Å². The van der Waals surface area contributed by atoms with Crippen molar-refractivity contribution < 1.29 is 9.59 Å². The molecule has 98 valence electrons. The standard InChI is InChI=1S/C6H8N4O2S.C6H4/c1-3(11)8-6-10-9-5(13-6)2-4(7)12;1-2-5-4-6(5)3-1/h2H2,1H3,(H2,7,12)(H,8,10,11);1-4H. The van der Waals surface area contributed by atoms with Crippen molar-refractivity contribution in [3.63, 3.8) is 0 Å². The maximum Gasteiger partial charge on any atom is 0.224 e. The van der Waals surface area contributed by atoms with Crippen LogP contribution in [0.2, 0.25) is 0 Å². The lowest BCUT2D eigenvalue weighted by atomic mass is 10.4. The maximum atomic E-state index is 10.6. The van der Waals surface area contributed by atoms with Crippen LogP contribution in [0.1, 0.15) is 11.9 Å². The molecule has 6 nitrogen and oxygen atoms in total. The van der Waals surface area contributed by atoms with Crippen LogP contribution in [0.5, 0.6) is 0 Å². The van der Waals surface area contributed by atoms with E-state index in [9.17, 15) is 9.59 Å². The average Bonchev–Trinajstić information content (AvgIpc) is 2.71. The first kappa shape index (κ1) is 13.2. The second-order valence-corrected chi connectivity index (χ2v) is 4.97. The van der Waals surface area contributed by atoms with E-state index in [1.807, 2.05) is 0 Å². The molecule has 0 saturated heterocycles. The van der Waals surface area contributed by atoms with E-state index in [2.05, 4.69) is 39.8 Å². The SMILES string of the molecule is CC(=O)Nc1nnc(CC(N)=O)s1.c1cc2cc-2c1. The van der Waals surface area contributed by atoms with E-state index in [0.717, 1.165) is 11.3 Å². The van der Waals surface area contributed by atoms with Gasteiger partial charge in [0.15, 0.2) is 0 Å². The van der Waals surface area contributed by atoms with Crippen LogP contribution in [0, 0.1) is 0 Å². The smallest absolute Gasteiger partial charge is 0.224 e. The van der Waals surface area contributed by atoms with Crippen LogP contribution in [0.3, 0.4) is 0 Å². The van der Waals surface area contributed by atoms with E-state index in [4.69, 9.17) is 5.73 Å². The maximum absolute atomic E-state index is 10.6. The Labute approximate surface area is 113 Å². The Balaban J connectivity index is 0.000000180. The number of aromatic nitrogens is 2. The number of hydrogen-bond acceptors (Lipinski definition) is 5. The minimum absolute atomic E-state index is 0.0528. The molecular weight excluding hydrogens is 264 g/mol. The molecule has 0 fully saturated rings. The van der Waals surface area contributed by atoms with Crippen molar-refractivity contribution in [2.75, 3.05) is 5.32 Å². The summed E-state index contributed by atoms with van der Waals surface area (Å²) in [5.74, 6) is -0.688. The van der Waals surface area contributed by atoms with Gasteiger partial charge in [0.25, 0.3) is 0 Å². The van der Waals surface area contributed by atoms with Gasteiger partial charge in [-0.05, 0) is 17.2 Å². The van der Waals surface area contributed by atoms with Crippen LogP contribution in [0.4, 0.5) is 5.13 Å². The molecule has 1 heterocycles. The van der Waals surface area contributed by atoms with Crippen molar-refractivity contribution in [1.29, 1.82) is 0 Å². The zero-order valence-corrected chi connectivity index (χ0v) is 11.0. The van der Waals surface area contributed by atoms with Crippen LogP contribution in [0.25, 0.3) is 11.1 Å². The molecule has 0 aliphatic heterocycles. The Morgan fingerprint density at radius 3 is 2.42 bits per heavy atom. The van der Waals surface area contributed by atoms with Crippen molar-refractivity contribution in [3.05, 3.63) is 29.3 Å². The van der Waals surface area contributed by atoms with Crippen LogP contribution >= 0.6 is 11.3 Å². The second kappa shape index (κ2) is 5.57. The summed E-state index contributed by atoms with van der Waals surface area (Å²) in [6.07, 6.45) is 0.0528. The zero-order valence-electron chi connectivity index (χ0n) is 10.2. The highest BCUT2D eigenvalue weighted by atomic mass is 32.1. The Morgan fingerprint density at radius 1 is 1.32 bits per heavy atom. The number of fused-ring (bicyclic) bond motifs is 1. The van der Waals surface area contributed by atoms with E-state index in [1.54, 1.807) is 0 Å². The van der Waals surface area contributed by atoms with Crippen LogP contribution in [-0.4, -0.2) is 22.0 Å². The Kier molecular flexibility index (Phi) is 3.86. The van der Waals surface area contributed by atoms with Gasteiger partial charge in [0.05, 0.1) is 6.42 Å². The summed E-state index contributed by atoms with van der Waals surface area (Å²) < 4.78 is 0. The molecule has 1 aromatic rings. The molecule has 0 bridgehead atoms. The lowest BCUT2D eigenvalue weighted by molar-refractivity contribution is -0.117. The molecule has 3 N–H and O–H groups in total. The minimum atomic E-state index is -0.467. The van der Waals surface area contributed by atoms with Crippen molar-refractivity contribution in [2.24, 2.45) is 5.73 Å². The third-order valence-corrected chi connectivity index (χ3v) is 3.03. The van der Waals surface area contributed by atoms with Gasteiger partial charge in [-0.25, -0.2) is 0 Å². The number of primary amides is 1. The summed E-state index contributed by atoms with van der Waals surface area (Å²) in [5, 5.41) is 10.6. The monoisotopic (exact) mass is 276 g/mol. The van der Waals surface area contributed by atoms with E-state index in [1.165, 1.54) is 18.1 Å². The molecule has 1 aromatic heterocycles. The van der Waals surface area contributed by atoms with Crippen LogP contribution in [-0.2, 0) is 16.0 Å². The number of hydrogen-bond donors (Lipinski definition) is 2. The molecular formula is C12H12N4O2S. The average molecular weight is 276 g/mol. The third-order valence-electron chi connectivity index (χ3n) is 2.19. The number of anilines is 1. The van der Waals surface area contributed by atoms with Crippen molar-refractivity contribution >= 4 is 28.3 Å². The number of carbonyl (C=O) groups is 2. The molecule has 2 amide bonds. The molecule has 0 spiro atoms. The third kappa shape index (κ3) is 4.14. The van der Waals surface area contributed by atoms with Gasteiger partial charge in [-0.2, -0.15) is 0 Å². The summed E-state index contributed by atoms with van der Waals surface area (Å²) in [7, 11) is 0. The predicted molar refractivity (Wildman–Crippen MR) is 72.5 cm³/mol. The molecule has 0 unspecified atom stereocenters. The number of rotatable bonds is 3. The summed E-state index contributed by atoms with van der Waals surface area (Å²) in [4.78, 5) is 21.1. The van der Waals surface area contributed by atoms with Gasteiger partial charge in [-0.15, -0.1) is 10.2 Å². The fourth-order valence-corrected chi connectivity index (χ4v) is 2.15. The van der Waals surface area contributed by atoms with E-state index >= 15 is 0 Å². The van der Waals surface area contributed by atoms with Gasteiger partial charge in [0.1, 0.15) is 5.01 Å². The Bertz CT molecular complexity index is 576. The number of carbonyl (C=O) groups excluding carboxylic acids is 2. The van der Waals surface area contributed by atoms with Gasteiger partial charge in [-0.1, -0.05) is 29.5 Å². The fourth-order valence-electron chi connectivity index (χ4n) is 1.35. The molecule has 2 aliphatic carbocycles. The fraction of sp³-hybridized carbons (Fsp3) is 0.167. The molecule has 0 radical (unpaired) electrons. The van der Waals surface area contributed by atoms with E-state index in [-0.39, 0.29) is 12.3 Å². The van der Waals surface area contributed by atoms with Gasteiger partial charge >= 0.3 is 0 Å².